The lowest BCUT2D eigenvalue weighted by Crippen LogP contribution is -2.00. The first-order valence-corrected chi connectivity index (χ1v) is 9.61. The number of halogens is 2. The van der Waals surface area contributed by atoms with Crippen LogP contribution in [0.4, 0.5) is 0 Å². The molecule has 0 amide bonds. The molecule has 3 heteroatoms. The first kappa shape index (κ1) is 15.8. The lowest BCUT2D eigenvalue weighted by Gasteiger charge is -2.11. The minimum atomic E-state index is 1.08. The molecule has 0 aliphatic heterocycles. The number of nitrogens with zero attached hydrogens (tertiary/aromatic N) is 1. The molecule has 3 rings (SSSR count). The maximum atomic E-state index is 3.52. The van der Waals surface area contributed by atoms with Crippen LogP contribution in [0.15, 0.2) is 59.1 Å². The highest BCUT2D eigenvalue weighted by Gasteiger charge is 2.10. The van der Waals surface area contributed by atoms with E-state index in [1.165, 1.54) is 41.4 Å². The summed E-state index contributed by atoms with van der Waals surface area (Å²) < 4.78 is 3.59. The summed E-state index contributed by atoms with van der Waals surface area (Å²) in [5, 5.41) is 2.42. The molecule has 0 aliphatic rings. The van der Waals surface area contributed by atoms with Crippen molar-refractivity contribution in [3.8, 4) is 11.3 Å². The fourth-order valence-electron chi connectivity index (χ4n) is 2.85. The summed E-state index contributed by atoms with van der Waals surface area (Å²) in [5.41, 5.74) is 3.92. The average molecular weight is 421 g/mol. The van der Waals surface area contributed by atoms with E-state index in [4.69, 9.17) is 0 Å². The number of fused-ring (bicyclic) bond motifs is 1. The molecule has 0 saturated heterocycles. The molecule has 0 fully saturated rings. The van der Waals surface area contributed by atoms with Gasteiger partial charge >= 0.3 is 0 Å². The molecule has 3 aromatic rings. The fraction of sp³-hybridized carbons (Fsp3) is 0.263. The number of para-hydroxylation sites is 1. The molecule has 0 N–H and O–H groups in total. The van der Waals surface area contributed by atoms with Crippen LogP contribution in [-0.4, -0.2) is 9.90 Å². The van der Waals surface area contributed by atoms with E-state index in [-0.39, 0.29) is 0 Å². The van der Waals surface area contributed by atoms with Gasteiger partial charge in [-0.1, -0.05) is 68.6 Å². The zero-order valence-corrected chi connectivity index (χ0v) is 15.6. The Balaban J connectivity index is 1.98. The van der Waals surface area contributed by atoms with E-state index >= 15 is 0 Å². The molecule has 0 bridgehead atoms. The number of benzene rings is 2. The zero-order valence-electron chi connectivity index (χ0n) is 12.4. The van der Waals surface area contributed by atoms with E-state index in [9.17, 15) is 0 Å². The van der Waals surface area contributed by atoms with Gasteiger partial charge in [-0.05, 0) is 42.7 Å². The molecule has 0 saturated carbocycles. The van der Waals surface area contributed by atoms with Crippen molar-refractivity contribution in [1.29, 1.82) is 0 Å². The van der Waals surface area contributed by atoms with Gasteiger partial charge in [-0.25, -0.2) is 0 Å². The maximum Gasteiger partial charge on any atom is 0.0491 e. The average Bonchev–Trinajstić information content (AvgIpc) is 2.91. The third kappa shape index (κ3) is 3.47. The van der Waals surface area contributed by atoms with Gasteiger partial charge in [0.2, 0.25) is 0 Å². The number of alkyl halides is 1. The van der Waals surface area contributed by atoms with Crippen LogP contribution in [-0.2, 0) is 6.54 Å². The van der Waals surface area contributed by atoms with Crippen LogP contribution >= 0.6 is 31.9 Å². The number of unbranched alkanes of at least 4 members (excludes halogenated alkanes) is 2. The van der Waals surface area contributed by atoms with Crippen LogP contribution in [0.3, 0.4) is 0 Å². The van der Waals surface area contributed by atoms with Crippen molar-refractivity contribution in [2.24, 2.45) is 0 Å². The van der Waals surface area contributed by atoms with E-state index < -0.39 is 0 Å². The fourth-order valence-corrected chi connectivity index (χ4v) is 3.51. The number of rotatable bonds is 6. The van der Waals surface area contributed by atoms with Gasteiger partial charge in [0, 0.05) is 32.9 Å². The van der Waals surface area contributed by atoms with E-state index in [2.05, 4.69) is 91.0 Å². The first-order chi connectivity index (χ1) is 10.8. The Kier molecular flexibility index (Phi) is 5.37. The Morgan fingerprint density at radius 1 is 0.864 bits per heavy atom. The summed E-state index contributed by atoms with van der Waals surface area (Å²) in [6.45, 7) is 1.08. The minimum absolute atomic E-state index is 1.08. The normalized spacial score (nSPS) is 11.2. The molecule has 1 nitrogen and oxygen atoms in total. The monoisotopic (exact) mass is 419 g/mol. The van der Waals surface area contributed by atoms with E-state index in [1.807, 2.05) is 0 Å². The van der Waals surface area contributed by atoms with Gasteiger partial charge in [0.05, 0.1) is 0 Å². The van der Waals surface area contributed by atoms with Crippen LogP contribution in [0.1, 0.15) is 19.3 Å². The Morgan fingerprint density at radius 2 is 1.64 bits per heavy atom. The molecule has 0 radical (unpaired) electrons. The number of aryl methyl sites for hydroxylation is 1. The lowest BCUT2D eigenvalue weighted by atomic mass is 10.1. The van der Waals surface area contributed by atoms with Crippen molar-refractivity contribution in [3.63, 3.8) is 0 Å². The maximum absolute atomic E-state index is 3.52. The largest absolute Gasteiger partial charge is 0.340 e. The van der Waals surface area contributed by atoms with Gasteiger partial charge < -0.3 is 4.57 Å². The summed E-state index contributed by atoms with van der Waals surface area (Å²) in [5.74, 6) is 0. The lowest BCUT2D eigenvalue weighted by molar-refractivity contribution is 0.623. The summed E-state index contributed by atoms with van der Waals surface area (Å²) in [7, 11) is 0. The van der Waals surface area contributed by atoms with Crippen LogP contribution in [0.25, 0.3) is 22.2 Å². The van der Waals surface area contributed by atoms with Gasteiger partial charge in [0.25, 0.3) is 0 Å². The summed E-state index contributed by atoms with van der Waals surface area (Å²) in [6, 6.07) is 19.6. The van der Waals surface area contributed by atoms with E-state index in [1.54, 1.807) is 0 Å². The molecule has 0 atom stereocenters. The molecule has 1 aromatic heterocycles. The second kappa shape index (κ2) is 7.47. The molecule has 2 aromatic carbocycles. The number of hydrogen-bond donors (Lipinski definition) is 0. The van der Waals surface area contributed by atoms with Gasteiger partial charge in [-0.3, -0.25) is 0 Å². The summed E-state index contributed by atoms with van der Waals surface area (Å²) in [6.07, 6.45) is 3.72. The number of hydrogen-bond acceptors (Lipinski definition) is 0. The second-order valence-corrected chi connectivity index (χ2v) is 7.21. The van der Waals surface area contributed by atoms with Crippen molar-refractivity contribution in [1.82, 2.24) is 4.57 Å². The number of aromatic nitrogens is 1. The van der Waals surface area contributed by atoms with Crippen molar-refractivity contribution >= 4 is 42.8 Å². The molecule has 1 heterocycles. The quantitative estimate of drug-likeness (QED) is 0.311. The molecule has 0 unspecified atom stereocenters. The third-order valence-corrected chi connectivity index (χ3v) is 5.06. The Morgan fingerprint density at radius 3 is 2.41 bits per heavy atom. The van der Waals surface area contributed by atoms with E-state index in [0.29, 0.717) is 0 Å². The predicted octanol–water partition coefficient (Wildman–Crippen LogP) is 6.64. The van der Waals surface area contributed by atoms with Gasteiger partial charge in [0.1, 0.15) is 0 Å². The highest BCUT2D eigenvalue weighted by atomic mass is 79.9. The highest BCUT2D eigenvalue weighted by Crippen LogP contribution is 2.29. The Bertz CT molecular complexity index is 744. The SMILES string of the molecule is BrCCCCCn1c(-c2ccc(Br)cc2)cc2ccccc21. The third-order valence-electron chi connectivity index (χ3n) is 3.97. The Labute approximate surface area is 148 Å². The standard InChI is InChI=1S/C19H19Br2N/c20-12-4-1-5-13-22-18-7-3-2-6-16(18)14-19(22)15-8-10-17(21)11-9-15/h2-3,6-11,14H,1,4-5,12-13H2. The second-order valence-electron chi connectivity index (χ2n) is 5.50. The van der Waals surface area contributed by atoms with E-state index in [0.717, 1.165) is 16.3 Å². The van der Waals surface area contributed by atoms with Crippen LogP contribution in [0.2, 0.25) is 0 Å². The first-order valence-electron chi connectivity index (χ1n) is 7.70. The van der Waals surface area contributed by atoms with Crippen molar-refractivity contribution in [2.45, 2.75) is 25.8 Å². The smallest absolute Gasteiger partial charge is 0.0491 e. The molecular weight excluding hydrogens is 402 g/mol. The summed E-state index contributed by atoms with van der Waals surface area (Å²) >= 11 is 7.03. The molecule has 114 valence electrons. The molecular formula is C19H19Br2N. The predicted molar refractivity (Wildman–Crippen MR) is 103 cm³/mol. The molecule has 22 heavy (non-hydrogen) atoms. The molecule has 0 spiro atoms. The van der Waals surface area contributed by atoms with Crippen LogP contribution in [0.5, 0.6) is 0 Å². The Hall–Kier alpha value is -1.06. The van der Waals surface area contributed by atoms with Gasteiger partial charge in [0.15, 0.2) is 0 Å². The topological polar surface area (TPSA) is 4.93 Å². The molecule has 0 aliphatic carbocycles. The van der Waals surface area contributed by atoms with Gasteiger partial charge in [-0.2, -0.15) is 0 Å². The highest BCUT2D eigenvalue weighted by molar-refractivity contribution is 9.10. The zero-order chi connectivity index (χ0) is 15.4. The van der Waals surface area contributed by atoms with Gasteiger partial charge in [-0.15, -0.1) is 0 Å². The van der Waals surface area contributed by atoms with Crippen molar-refractivity contribution in [3.05, 3.63) is 59.1 Å². The van der Waals surface area contributed by atoms with Crippen molar-refractivity contribution in [2.75, 3.05) is 5.33 Å². The van der Waals surface area contributed by atoms with Crippen LogP contribution < -0.4 is 0 Å². The minimum Gasteiger partial charge on any atom is -0.340 e. The van der Waals surface area contributed by atoms with Crippen LogP contribution in [0, 0.1) is 0 Å². The summed E-state index contributed by atoms with van der Waals surface area (Å²) in [4.78, 5) is 0. The van der Waals surface area contributed by atoms with Crippen molar-refractivity contribution < 1.29 is 0 Å².